The van der Waals surface area contributed by atoms with Crippen LogP contribution in [-0.2, 0) is 4.79 Å². The lowest BCUT2D eigenvalue weighted by Crippen LogP contribution is -2.37. The predicted molar refractivity (Wildman–Crippen MR) is 66.8 cm³/mol. The van der Waals surface area contributed by atoms with Crippen LogP contribution in [0.25, 0.3) is 0 Å². The molecule has 2 atom stereocenters. The fourth-order valence-corrected chi connectivity index (χ4v) is 1.93. The Balaban J connectivity index is 2.56. The summed E-state index contributed by atoms with van der Waals surface area (Å²) in [6.07, 6.45) is 0. The minimum atomic E-state index is -0.416. The van der Waals surface area contributed by atoms with Crippen molar-refractivity contribution in [1.82, 2.24) is 5.32 Å². The molecular formula is C10H14N2OS2. The number of thiocarbonyl (C=S) groups is 1. The van der Waals surface area contributed by atoms with E-state index in [1.54, 1.807) is 18.3 Å². The summed E-state index contributed by atoms with van der Waals surface area (Å²) in [5.41, 5.74) is 6.50. The Morgan fingerprint density at radius 2 is 2.27 bits per heavy atom. The van der Waals surface area contributed by atoms with Crippen molar-refractivity contribution in [1.29, 1.82) is 0 Å². The Labute approximate surface area is 98.7 Å². The van der Waals surface area contributed by atoms with Gasteiger partial charge < -0.3 is 11.1 Å². The van der Waals surface area contributed by atoms with Crippen LogP contribution in [0.2, 0.25) is 0 Å². The van der Waals surface area contributed by atoms with E-state index in [9.17, 15) is 4.79 Å². The van der Waals surface area contributed by atoms with Gasteiger partial charge in [0.05, 0.1) is 16.9 Å². The van der Waals surface area contributed by atoms with Crippen molar-refractivity contribution in [3.8, 4) is 0 Å². The van der Waals surface area contributed by atoms with Crippen LogP contribution in [0, 0.1) is 5.92 Å². The third-order valence-corrected chi connectivity index (χ3v) is 3.28. The number of nitrogens with one attached hydrogen (secondary N) is 1. The SMILES string of the molecule is CC(C(=O)NC(C)c1ccsc1)C(N)=S. The Morgan fingerprint density at radius 3 is 2.73 bits per heavy atom. The number of carbonyl (C=O) groups excluding carboxylic acids is 1. The third kappa shape index (κ3) is 3.28. The summed E-state index contributed by atoms with van der Waals surface area (Å²) in [5.74, 6) is -0.540. The lowest BCUT2D eigenvalue weighted by atomic mass is 10.1. The van der Waals surface area contributed by atoms with Gasteiger partial charge in [-0.15, -0.1) is 0 Å². The molecule has 3 N–H and O–H groups in total. The summed E-state index contributed by atoms with van der Waals surface area (Å²) in [7, 11) is 0. The Kier molecular flexibility index (Phi) is 4.23. The van der Waals surface area contributed by atoms with Gasteiger partial charge in [0.2, 0.25) is 5.91 Å². The third-order valence-electron chi connectivity index (χ3n) is 2.22. The molecule has 0 saturated carbocycles. The number of hydrogen-bond acceptors (Lipinski definition) is 3. The van der Waals surface area contributed by atoms with Gasteiger partial charge in [0, 0.05) is 0 Å². The van der Waals surface area contributed by atoms with Crippen LogP contribution in [0.4, 0.5) is 0 Å². The van der Waals surface area contributed by atoms with Gasteiger partial charge in [0.15, 0.2) is 0 Å². The first-order valence-electron chi connectivity index (χ1n) is 4.64. The van der Waals surface area contributed by atoms with E-state index in [0.29, 0.717) is 0 Å². The highest BCUT2D eigenvalue weighted by Gasteiger charge is 2.18. The molecule has 3 nitrogen and oxygen atoms in total. The fourth-order valence-electron chi connectivity index (χ4n) is 1.07. The van der Waals surface area contributed by atoms with Crippen molar-refractivity contribution in [2.24, 2.45) is 11.7 Å². The fraction of sp³-hybridized carbons (Fsp3) is 0.400. The summed E-state index contributed by atoms with van der Waals surface area (Å²) >= 11 is 6.37. The maximum atomic E-state index is 11.6. The zero-order valence-electron chi connectivity index (χ0n) is 8.69. The van der Waals surface area contributed by atoms with E-state index in [1.165, 1.54) is 0 Å². The van der Waals surface area contributed by atoms with Gasteiger partial charge in [-0.05, 0) is 36.2 Å². The Hall–Kier alpha value is -0.940. The normalized spacial score (nSPS) is 14.3. The highest BCUT2D eigenvalue weighted by atomic mass is 32.1. The second-order valence-electron chi connectivity index (χ2n) is 3.41. The number of nitrogens with two attached hydrogens (primary N) is 1. The Bertz CT molecular complexity index is 348. The van der Waals surface area contributed by atoms with Crippen LogP contribution in [-0.4, -0.2) is 10.9 Å². The topological polar surface area (TPSA) is 55.1 Å². The standard InChI is InChI=1S/C10H14N2OS2/c1-6(9(11)14)10(13)12-7(2)8-3-4-15-5-8/h3-7H,1-2H3,(H2,11,14)(H,12,13). The average molecular weight is 242 g/mol. The minimum Gasteiger partial charge on any atom is -0.393 e. The number of thiophene rings is 1. The zero-order valence-corrected chi connectivity index (χ0v) is 10.3. The molecule has 5 heteroatoms. The molecule has 0 aliphatic heterocycles. The van der Waals surface area contributed by atoms with E-state index in [0.717, 1.165) is 5.56 Å². The maximum absolute atomic E-state index is 11.6. The molecule has 0 spiro atoms. The van der Waals surface area contributed by atoms with Crippen LogP contribution < -0.4 is 11.1 Å². The first-order valence-corrected chi connectivity index (χ1v) is 5.99. The van der Waals surface area contributed by atoms with Crippen LogP contribution in [0.15, 0.2) is 16.8 Å². The van der Waals surface area contributed by atoms with E-state index in [1.807, 2.05) is 23.8 Å². The molecule has 1 aromatic heterocycles. The Morgan fingerprint density at radius 1 is 1.60 bits per heavy atom. The molecule has 0 aromatic carbocycles. The number of amides is 1. The molecule has 0 aliphatic carbocycles. The molecule has 1 heterocycles. The first-order chi connectivity index (χ1) is 7.02. The average Bonchev–Trinajstić information content (AvgIpc) is 2.68. The number of rotatable bonds is 4. The van der Waals surface area contributed by atoms with Crippen LogP contribution in [0.3, 0.4) is 0 Å². The molecular weight excluding hydrogens is 228 g/mol. The molecule has 0 bridgehead atoms. The molecule has 82 valence electrons. The molecule has 1 rings (SSSR count). The highest BCUT2D eigenvalue weighted by molar-refractivity contribution is 7.80. The predicted octanol–water partition coefficient (Wildman–Crippen LogP) is 1.85. The second kappa shape index (κ2) is 5.23. The van der Waals surface area contributed by atoms with Crippen LogP contribution >= 0.6 is 23.6 Å². The molecule has 1 amide bonds. The first kappa shape index (κ1) is 12.1. The molecule has 2 unspecified atom stereocenters. The van der Waals surface area contributed by atoms with E-state index in [4.69, 9.17) is 18.0 Å². The largest absolute Gasteiger partial charge is 0.393 e. The molecule has 0 fully saturated rings. The van der Waals surface area contributed by atoms with Crippen molar-refractivity contribution in [2.75, 3.05) is 0 Å². The van der Waals surface area contributed by atoms with Gasteiger partial charge >= 0.3 is 0 Å². The smallest absolute Gasteiger partial charge is 0.230 e. The van der Waals surface area contributed by atoms with E-state index in [-0.39, 0.29) is 16.9 Å². The second-order valence-corrected chi connectivity index (χ2v) is 4.66. The van der Waals surface area contributed by atoms with Crippen LogP contribution in [0.1, 0.15) is 25.5 Å². The monoisotopic (exact) mass is 242 g/mol. The maximum Gasteiger partial charge on any atom is 0.230 e. The van der Waals surface area contributed by atoms with Crippen LogP contribution in [0.5, 0.6) is 0 Å². The van der Waals surface area contributed by atoms with E-state index < -0.39 is 5.92 Å². The van der Waals surface area contributed by atoms with Crippen molar-refractivity contribution in [3.05, 3.63) is 22.4 Å². The van der Waals surface area contributed by atoms with Crippen molar-refractivity contribution >= 4 is 34.5 Å². The summed E-state index contributed by atoms with van der Waals surface area (Å²) in [5, 5.41) is 6.86. The van der Waals surface area contributed by atoms with Gasteiger partial charge in [-0.3, -0.25) is 4.79 Å². The van der Waals surface area contributed by atoms with Crippen molar-refractivity contribution in [2.45, 2.75) is 19.9 Å². The van der Waals surface area contributed by atoms with Crippen molar-refractivity contribution < 1.29 is 4.79 Å². The van der Waals surface area contributed by atoms with Gasteiger partial charge in [0.1, 0.15) is 0 Å². The minimum absolute atomic E-state index is 0.000509. The lowest BCUT2D eigenvalue weighted by Gasteiger charge is -2.15. The van der Waals surface area contributed by atoms with Gasteiger partial charge in [-0.1, -0.05) is 12.2 Å². The molecule has 0 saturated heterocycles. The van der Waals surface area contributed by atoms with Gasteiger partial charge in [-0.2, -0.15) is 11.3 Å². The highest BCUT2D eigenvalue weighted by Crippen LogP contribution is 2.15. The molecule has 1 aromatic rings. The lowest BCUT2D eigenvalue weighted by molar-refractivity contribution is -0.123. The number of carbonyl (C=O) groups is 1. The van der Waals surface area contributed by atoms with Gasteiger partial charge in [0.25, 0.3) is 0 Å². The quantitative estimate of drug-likeness (QED) is 0.792. The summed E-state index contributed by atoms with van der Waals surface area (Å²) in [6, 6.07) is 1.99. The van der Waals surface area contributed by atoms with E-state index >= 15 is 0 Å². The molecule has 0 aliphatic rings. The van der Waals surface area contributed by atoms with Gasteiger partial charge in [-0.25, -0.2) is 0 Å². The summed E-state index contributed by atoms with van der Waals surface area (Å²) in [6.45, 7) is 3.64. The van der Waals surface area contributed by atoms with E-state index in [2.05, 4.69) is 5.32 Å². The summed E-state index contributed by atoms with van der Waals surface area (Å²) < 4.78 is 0. The molecule has 15 heavy (non-hydrogen) atoms. The zero-order chi connectivity index (χ0) is 11.4. The van der Waals surface area contributed by atoms with Crippen molar-refractivity contribution in [3.63, 3.8) is 0 Å². The summed E-state index contributed by atoms with van der Waals surface area (Å²) in [4.78, 5) is 11.8. The number of hydrogen-bond donors (Lipinski definition) is 2. The molecule has 0 radical (unpaired) electrons.